The predicted octanol–water partition coefficient (Wildman–Crippen LogP) is 4.57. The SMILES string of the molecule is CCCCNc1nc(N(C)C2CC(C)(C)NC(C)(C)C2)nc(N(C)C2CC(C)(C)NC(C)(C)C2)n1. The van der Waals surface area contributed by atoms with E-state index in [-0.39, 0.29) is 22.2 Å². The van der Waals surface area contributed by atoms with Gasteiger partial charge in [-0.1, -0.05) is 13.3 Å². The van der Waals surface area contributed by atoms with Crippen LogP contribution in [0.3, 0.4) is 0 Å². The number of nitrogens with zero attached hydrogens (tertiary/aromatic N) is 5. The van der Waals surface area contributed by atoms with Crippen LogP contribution in [0.2, 0.25) is 0 Å². The maximum Gasteiger partial charge on any atom is 0.231 e. The van der Waals surface area contributed by atoms with E-state index in [4.69, 9.17) is 15.0 Å². The number of piperidine rings is 2. The van der Waals surface area contributed by atoms with Crippen LogP contribution in [0.1, 0.15) is 101 Å². The second-order valence-corrected chi connectivity index (χ2v) is 13.7. The molecule has 0 unspecified atom stereocenters. The van der Waals surface area contributed by atoms with E-state index < -0.39 is 0 Å². The molecule has 8 heteroatoms. The molecule has 3 rings (SSSR count). The largest absolute Gasteiger partial charge is 0.354 e. The summed E-state index contributed by atoms with van der Waals surface area (Å²) in [5, 5.41) is 11.1. The minimum atomic E-state index is 0.0573. The molecule has 1 aromatic rings. The average molecular weight is 489 g/mol. The molecular formula is C27H52N8. The molecule has 3 N–H and O–H groups in total. The smallest absolute Gasteiger partial charge is 0.231 e. The first-order chi connectivity index (χ1) is 16.0. The standard InChI is InChI=1S/C27H52N8/c1-12-13-14-28-21-29-22(34(10)19-15-24(2,3)32-25(4,5)16-19)31-23(30-21)35(11)20-17-26(6,7)33-27(8,9)18-20/h19-20,32-33H,12-18H2,1-11H3,(H,28,29,30,31). The molecule has 0 radical (unpaired) electrons. The van der Waals surface area contributed by atoms with Crippen molar-refractivity contribution in [3.63, 3.8) is 0 Å². The Morgan fingerprint density at radius 3 is 1.43 bits per heavy atom. The number of hydrogen-bond donors (Lipinski definition) is 3. The van der Waals surface area contributed by atoms with Crippen molar-refractivity contribution < 1.29 is 0 Å². The number of unbranched alkanes of at least 4 members (excludes halogenated alkanes) is 1. The third-order valence-corrected chi connectivity index (χ3v) is 7.49. The summed E-state index contributed by atoms with van der Waals surface area (Å²) in [5.74, 6) is 2.19. The van der Waals surface area contributed by atoms with E-state index in [0.717, 1.165) is 57.0 Å². The first-order valence-corrected chi connectivity index (χ1v) is 13.6. The van der Waals surface area contributed by atoms with Crippen LogP contribution in [0.5, 0.6) is 0 Å². The summed E-state index contributed by atoms with van der Waals surface area (Å²) < 4.78 is 0. The topological polar surface area (TPSA) is 81.2 Å². The Labute approximate surface area is 214 Å². The van der Waals surface area contributed by atoms with Gasteiger partial charge in [-0.3, -0.25) is 0 Å². The summed E-state index contributed by atoms with van der Waals surface area (Å²) in [5.41, 5.74) is 0.229. The van der Waals surface area contributed by atoms with Crippen molar-refractivity contribution in [3.05, 3.63) is 0 Å². The van der Waals surface area contributed by atoms with E-state index in [2.05, 4.69) is 102 Å². The molecule has 2 saturated heterocycles. The summed E-state index contributed by atoms with van der Waals surface area (Å²) in [4.78, 5) is 19.4. The van der Waals surface area contributed by atoms with Gasteiger partial charge in [0.2, 0.25) is 17.8 Å². The average Bonchev–Trinajstić information content (AvgIpc) is 2.68. The van der Waals surface area contributed by atoms with E-state index in [9.17, 15) is 0 Å². The fraction of sp³-hybridized carbons (Fsp3) is 0.889. The summed E-state index contributed by atoms with van der Waals surface area (Å²) in [6.45, 7) is 21.4. The van der Waals surface area contributed by atoms with Gasteiger partial charge in [0.15, 0.2) is 0 Å². The summed E-state index contributed by atoms with van der Waals surface area (Å²) in [6, 6.07) is 0.698. The molecule has 200 valence electrons. The van der Waals surface area contributed by atoms with Crippen LogP contribution in [0.15, 0.2) is 0 Å². The molecule has 3 heterocycles. The van der Waals surface area contributed by atoms with Gasteiger partial charge in [-0.05, 0) is 87.5 Å². The normalized spacial score (nSPS) is 23.6. The number of anilines is 3. The van der Waals surface area contributed by atoms with Crippen LogP contribution in [0.4, 0.5) is 17.8 Å². The van der Waals surface area contributed by atoms with Gasteiger partial charge in [0.05, 0.1) is 0 Å². The highest BCUT2D eigenvalue weighted by Gasteiger charge is 2.41. The highest BCUT2D eigenvalue weighted by Crippen LogP contribution is 2.35. The maximum absolute atomic E-state index is 5.05. The van der Waals surface area contributed by atoms with Crippen LogP contribution in [0.25, 0.3) is 0 Å². The Morgan fingerprint density at radius 1 is 0.714 bits per heavy atom. The first-order valence-electron chi connectivity index (χ1n) is 13.6. The summed E-state index contributed by atoms with van der Waals surface area (Å²) in [6.07, 6.45) is 6.39. The summed E-state index contributed by atoms with van der Waals surface area (Å²) in [7, 11) is 4.29. The Kier molecular flexibility index (Phi) is 7.98. The van der Waals surface area contributed by atoms with E-state index in [1.165, 1.54) is 0 Å². The van der Waals surface area contributed by atoms with E-state index in [1.807, 2.05) is 0 Å². The lowest BCUT2D eigenvalue weighted by molar-refractivity contribution is 0.160. The molecule has 35 heavy (non-hydrogen) atoms. The molecule has 0 saturated carbocycles. The fourth-order valence-electron chi connectivity index (χ4n) is 6.54. The molecule has 2 aliphatic rings. The molecule has 2 aliphatic heterocycles. The number of hydrogen-bond acceptors (Lipinski definition) is 8. The molecule has 1 aromatic heterocycles. The van der Waals surface area contributed by atoms with Gasteiger partial charge < -0.3 is 25.8 Å². The van der Waals surface area contributed by atoms with Crippen LogP contribution in [-0.2, 0) is 0 Å². The van der Waals surface area contributed by atoms with Gasteiger partial charge >= 0.3 is 0 Å². The van der Waals surface area contributed by atoms with Crippen molar-refractivity contribution in [3.8, 4) is 0 Å². The number of rotatable bonds is 8. The quantitative estimate of drug-likeness (QED) is 0.459. The van der Waals surface area contributed by atoms with Crippen molar-refractivity contribution in [1.29, 1.82) is 0 Å². The van der Waals surface area contributed by atoms with Crippen LogP contribution < -0.4 is 25.8 Å². The highest BCUT2D eigenvalue weighted by molar-refractivity contribution is 5.46. The zero-order chi connectivity index (χ0) is 26.2. The second kappa shape index (κ2) is 10.0. The van der Waals surface area contributed by atoms with Crippen molar-refractivity contribution in [2.45, 2.75) is 135 Å². The molecular weight excluding hydrogens is 436 g/mol. The van der Waals surface area contributed by atoms with Gasteiger partial charge in [-0.2, -0.15) is 15.0 Å². The van der Waals surface area contributed by atoms with Gasteiger partial charge in [-0.25, -0.2) is 0 Å². The van der Waals surface area contributed by atoms with E-state index in [0.29, 0.717) is 18.0 Å². The van der Waals surface area contributed by atoms with Crippen LogP contribution in [0, 0.1) is 0 Å². The van der Waals surface area contributed by atoms with Gasteiger partial charge in [0.25, 0.3) is 0 Å². The van der Waals surface area contributed by atoms with Crippen molar-refractivity contribution in [1.82, 2.24) is 25.6 Å². The molecule has 0 amide bonds. The molecule has 0 atom stereocenters. The lowest BCUT2D eigenvalue weighted by Crippen LogP contribution is -2.62. The first kappa shape index (κ1) is 27.9. The zero-order valence-electron chi connectivity index (χ0n) is 24.3. The molecule has 2 fully saturated rings. The zero-order valence-corrected chi connectivity index (χ0v) is 24.3. The fourth-order valence-corrected chi connectivity index (χ4v) is 6.54. The Hall–Kier alpha value is -1.67. The third kappa shape index (κ3) is 7.42. The molecule has 0 bridgehead atoms. The van der Waals surface area contributed by atoms with Crippen molar-refractivity contribution >= 4 is 17.8 Å². The van der Waals surface area contributed by atoms with Gasteiger partial charge in [-0.15, -0.1) is 0 Å². The number of aromatic nitrogens is 3. The van der Waals surface area contributed by atoms with Crippen LogP contribution in [-0.4, -0.2) is 69.8 Å². The van der Waals surface area contributed by atoms with Crippen molar-refractivity contribution in [2.75, 3.05) is 35.8 Å². The van der Waals surface area contributed by atoms with Crippen LogP contribution >= 0.6 is 0 Å². The van der Waals surface area contributed by atoms with E-state index >= 15 is 0 Å². The van der Waals surface area contributed by atoms with Gasteiger partial charge in [0, 0.05) is 54.9 Å². The number of nitrogens with one attached hydrogen (secondary N) is 3. The van der Waals surface area contributed by atoms with E-state index in [1.54, 1.807) is 0 Å². The molecule has 0 spiro atoms. The Bertz CT molecular complexity index is 768. The molecule has 8 nitrogen and oxygen atoms in total. The minimum Gasteiger partial charge on any atom is -0.354 e. The summed E-state index contributed by atoms with van der Waals surface area (Å²) >= 11 is 0. The Balaban J connectivity index is 1.93. The molecule has 0 aromatic carbocycles. The van der Waals surface area contributed by atoms with Gasteiger partial charge in [0.1, 0.15) is 0 Å². The Morgan fingerprint density at radius 2 is 1.09 bits per heavy atom. The predicted molar refractivity (Wildman–Crippen MR) is 149 cm³/mol. The lowest BCUT2D eigenvalue weighted by Gasteiger charge is -2.49. The molecule has 0 aliphatic carbocycles. The minimum absolute atomic E-state index is 0.0573. The van der Waals surface area contributed by atoms with Crippen molar-refractivity contribution in [2.24, 2.45) is 0 Å². The lowest BCUT2D eigenvalue weighted by atomic mass is 9.79. The monoisotopic (exact) mass is 488 g/mol. The third-order valence-electron chi connectivity index (χ3n) is 7.49. The maximum atomic E-state index is 5.05. The second-order valence-electron chi connectivity index (χ2n) is 13.7. The highest BCUT2D eigenvalue weighted by atomic mass is 15.4.